The number of hydrogen-bond acceptors (Lipinski definition) is 8. The van der Waals surface area contributed by atoms with Gasteiger partial charge in [-0.25, -0.2) is 15.0 Å². The Morgan fingerprint density at radius 3 is 2.59 bits per heavy atom. The predicted octanol–water partition coefficient (Wildman–Crippen LogP) is 1.17. The van der Waals surface area contributed by atoms with Gasteiger partial charge in [-0.1, -0.05) is 13.3 Å². The van der Waals surface area contributed by atoms with E-state index in [0.29, 0.717) is 6.54 Å². The minimum atomic E-state index is -0.438. The molecule has 0 atom stereocenters. The molecule has 1 saturated heterocycles. The number of anilines is 2. The molecule has 1 aliphatic rings. The van der Waals surface area contributed by atoms with E-state index in [1.807, 2.05) is 5.01 Å². The fourth-order valence-corrected chi connectivity index (χ4v) is 2.21. The average molecular weight is 309 g/mol. The van der Waals surface area contributed by atoms with Gasteiger partial charge >= 0.3 is 5.69 Å². The Kier molecular flexibility index (Phi) is 5.84. The van der Waals surface area contributed by atoms with Crippen molar-refractivity contribution in [1.29, 1.82) is 0 Å². The second-order valence-corrected chi connectivity index (χ2v) is 5.36. The van der Waals surface area contributed by atoms with Crippen LogP contribution in [0.15, 0.2) is 6.33 Å². The lowest BCUT2D eigenvalue weighted by molar-refractivity contribution is -0.383. The Labute approximate surface area is 129 Å². The molecule has 1 aliphatic heterocycles. The quantitative estimate of drug-likeness (QED) is 0.440. The molecule has 9 heteroatoms. The number of nitrogens with one attached hydrogen (secondary N) is 2. The summed E-state index contributed by atoms with van der Waals surface area (Å²) in [5.74, 6) is 0.508. The molecular weight excluding hydrogens is 286 g/mol. The van der Waals surface area contributed by atoms with E-state index in [9.17, 15) is 10.1 Å². The SMILES string of the molecule is CCCCNc1ncnc(NN2CCN(C)CC2)c1[N+](=O)[O-]. The normalized spacial score (nSPS) is 16.5. The Morgan fingerprint density at radius 1 is 1.27 bits per heavy atom. The lowest BCUT2D eigenvalue weighted by Gasteiger charge is -2.32. The number of rotatable bonds is 7. The van der Waals surface area contributed by atoms with Gasteiger partial charge in [-0.05, 0) is 13.5 Å². The van der Waals surface area contributed by atoms with Crippen molar-refractivity contribution >= 4 is 17.3 Å². The molecule has 1 aromatic heterocycles. The van der Waals surface area contributed by atoms with Crippen molar-refractivity contribution in [2.24, 2.45) is 0 Å². The largest absolute Gasteiger partial charge is 0.364 e. The van der Waals surface area contributed by atoms with E-state index in [4.69, 9.17) is 0 Å². The highest BCUT2D eigenvalue weighted by Gasteiger charge is 2.25. The van der Waals surface area contributed by atoms with Crippen molar-refractivity contribution in [2.45, 2.75) is 19.8 Å². The summed E-state index contributed by atoms with van der Waals surface area (Å²) in [6.45, 7) is 6.12. The first kappa shape index (κ1) is 16.4. The van der Waals surface area contributed by atoms with Gasteiger partial charge in [0.1, 0.15) is 6.33 Å². The van der Waals surface area contributed by atoms with Crippen LogP contribution >= 0.6 is 0 Å². The minimum absolute atomic E-state index is 0.0995. The number of unbranched alkanes of at least 4 members (excludes halogenated alkanes) is 1. The molecule has 1 aromatic rings. The lowest BCUT2D eigenvalue weighted by Crippen LogP contribution is -2.47. The van der Waals surface area contributed by atoms with E-state index >= 15 is 0 Å². The van der Waals surface area contributed by atoms with Crippen LogP contribution in [0.4, 0.5) is 17.3 Å². The Bertz CT molecular complexity index is 503. The topological polar surface area (TPSA) is 99.5 Å². The molecule has 22 heavy (non-hydrogen) atoms. The summed E-state index contributed by atoms with van der Waals surface area (Å²) in [4.78, 5) is 21.2. The summed E-state index contributed by atoms with van der Waals surface area (Å²) in [6, 6.07) is 0. The molecule has 0 unspecified atom stereocenters. The third-order valence-corrected chi connectivity index (χ3v) is 3.59. The molecule has 1 fully saturated rings. The van der Waals surface area contributed by atoms with Crippen LogP contribution in [0.5, 0.6) is 0 Å². The molecule has 0 bridgehead atoms. The fourth-order valence-electron chi connectivity index (χ4n) is 2.21. The highest BCUT2D eigenvalue weighted by Crippen LogP contribution is 2.29. The maximum Gasteiger partial charge on any atom is 0.354 e. The first-order chi connectivity index (χ1) is 10.6. The third kappa shape index (κ3) is 4.25. The van der Waals surface area contributed by atoms with Crippen LogP contribution in [0.3, 0.4) is 0 Å². The number of hydrogen-bond donors (Lipinski definition) is 2. The second-order valence-electron chi connectivity index (χ2n) is 5.36. The van der Waals surface area contributed by atoms with Crippen LogP contribution in [-0.2, 0) is 0 Å². The Balaban J connectivity index is 2.12. The van der Waals surface area contributed by atoms with Gasteiger partial charge in [-0.2, -0.15) is 0 Å². The molecule has 0 amide bonds. The van der Waals surface area contributed by atoms with Gasteiger partial charge < -0.3 is 10.2 Å². The highest BCUT2D eigenvalue weighted by molar-refractivity contribution is 5.68. The number of piperazine rings is 1. The van der Waals surface area contributed by atoms with Gasteiger partial charge in [-0.3, -0.25) is 15.5 Å². The van der Waals surface area contributed by atoms with Crippen LogP contribution in [0.1, 0.15) is 19.8 Å². The van der Waals surface area contributed by atoms with Gasteiger partial charge in [0.25, 0.3) is 0 Å². The van der Waals surface area contributed by atoms with E-state index < -0.39 is 4.92 Å². The van der Waals surface area contributed by atoms with Crippen molar-refractivity contribution in [1.82, 2.24) is 19.9 Å². The Morgan fingerprint density at radius 2 is 1.95 bits per heavy atom. The number of likely N-dealkylation sites (N-methyl/N-ethyl adjacent to an activating group) is 1. The van der Waals surface area contributed by atoms with E-state index in [-0.39, 0.29) is 17.3 Å². The zero-order valence-corrected chi connectivity index (χ0v) is 13.1. The predicted molar refractivity (Wildman–Crippen MR) is 84.8 cm³/mol. The molecule has 0 aromatic carbocycles. The van der Waals surface area contributed by atoms with Crippen LogP contribution in [-0.4, -0.2) is 64.6 Å². The summed E-state index contributed by atoms with van der Waals surface area (Å²) in [5, 5.41) is 16.4. The zero-order chi connectivity index (χ0) is 15.9. The molecule has 2 N–H and O–H groups in total. The van der Waals surface area contributed by atoms with Crippen LogP contribution in [0, 0.1) is 10.1 Å². The van der Waals surface area contributed by atoms with Crippen LogP contribution in [0.25, 0.3) is 0 Å². The maximum absolute atomic E-state index is 11.4. The van der Waals surface area contributed by atoms with Crippen molar-refractivity contribution in [3.8, 4) is 0 Å². The maximum atomic E-state index is 11.4. The van der Waals surface area contributed by atoms with Gasteiger partial charge in [0.15, 0.2) is 0 Å². The number of hydrazine groups is 1. The standard InChI is InChI=1S/C13H23N7O2/c1-3-4-5-14-12-11(20(21)22)13(16-10-15-12)17-19-8-6-18(2)7-9-19/h10H,3-9H2,1-2H3,(H2,14,15,16,17). The first-order valence-corrected chi connectivity index (χ1v) is 7.55. The molecule has 9 nitrogen and oxygen atoms in total. The van der Waals surface area contributed by atoms with Crippen molar-refractivity contribution in [2.75, 3.05) is 50.5 Å². The van der Waals surface area contributed by atoms with Gasteiger partial charge in [-0.15, -0.1) is 0 Å². The summed E-state index contributed by atoms with van der Waals surface area (Å²) >= 11 is 0. The molecule has 0 aliphatic carbocycles. The Hall–Kier alpha value is -2.00. The lowest BCUT2D eigenvalue weighted by atomic mass is 10.3. The second kappa shape index (κ2) is 7.85. The number of aromatic nitrogens is 2. The van der Waals surface area contributed by atoms with Crippen LogP contribution < -0.4 is 10.7 Å². The fraction of sp³-hybridized carbons (Fsp3) is 0.692. The first-order valence-electron chi connectivity index (χ1n) is 7.55. The molecule has 0 radical (unpaired) electrons. The number of nitrogens with zero attached hydrogens (tertiary/aromatic N) is 5. The van der Waals surface area contributed by atoms with Crippen LogP contribution in [0.2, 0.25) is 0 Å². The molecule has 0 spiro atoms. The molecule has 122 valence electrons. The van der Waals surface area contributed by atoms with E-state index in [2.05, 4.69) is 39.6 Å². The summed E-state index contributed by atoms with van der Waals surface area (Å²) in [5.41, 5.74) is 2.96. The summed E-state index contributed by atoms with van der Waals surface area (Å²) in [7, 11) is 2.06. The smallest absolute Gasteiger partial charge is 0.354 e. The molecule has 2 heterocycles. The molecule has 0 saturated carbocycles. The average Bonchev–Trinajstić information content (AvgIpc) is 2.50. The zero-order valence-electron chi connectivity index (χ0n) is 13.1. The molecular formula is C13H23N7O2. The van der Waals surface area contributed by atoms with Crippen molar-refractivity contribution in [3.63, 3.8) is 0 Å². The summed E-state index contributed by atoms with van der Waals surface area (Å²) < 4.78 is 0. The third-order valence-electron chi connectivity index (χ3n) is 3.59. The van der Waals surface area contributed by atoms with Crippen molar-refractivity contribution in [3.05, 3.63) is 16.4 Å². The van der Waals surface area contributed by atoms with Gasteiger partial charge in [0.05, 0.1) is 4.92 Å². The number of nitro groups is 1. The van der Waals surface area contributed by atoms with E-state index in [0.717, 1.165) is 39.0 Å². The summed E-state index contributed by atoms with van der Waals surface area (Å²) in [6.07, 6.45) is 3.29. The van der Waals surface area contributed by atoms with Crippen molar-refractivity contribution < 1.29 is 4.92 Å². The van der Waals surface area contributed by atoms with Gasteiger partial charge in [0.2, 0.25) is 11.6 Å². The van der Waals surface area contributed by atoms with E-state index in [1.54, 1.807) is 0 Å². The van der Waals surface area contributed by atoms with E-state index in [1.165, 1.54) is 6.33 Å². The molecule has 2 rings (SSSR count). The van der Waals surface area contributed by atoms with Gasteiger partial charge in [0, 0.05) is 32.7 Å². The monoisotopic (exact) mass is 309 g/mol. The highest BCUT2D eigenvalue weighted by atomic mass is 16.6. The minimum Gasteiger partial charge on any atom is -0.364 e.